The predicted molar refractivity (Wildman–Crippen MR) is 57.1 cm³/mol. The number of nitro groups is 1. The summed E-state index contributed by atoms with van der Waals surface area (Å²) in [5.41, 5.74) is 0.919. The van der Waals surface area contributed by atoms with Crippen molar-refractivity contribution in [2.45, 2.75) is 12.8 Å². The van der Waals surface area contributed by atoms with Gasteiger partial charge in [-0.05, 0) is 24.5 Å². The lowest BCUT2D eigenvalue weighted by molar-refractivity contribution is -0.384. The highest BCUT2D eigenvalue weighted by Crippen LogP contribution is 2.25. The molecule has 5 heteroatoms. The van der Waals surface area contributed by atoms with Crippen LogP contribution < -0.4 is 0 Å². The molecular weight excluding hydrogens is 225 g/mol. The van der Waals surface area contributed by atoms with Crippen molar-refractivity contribution in [3.63, 3.8) is 0 Å². The van der Waals surface area contributed by atoms with Crippen LogP contribution in [0.1, 0.15) is 12.0 Å². The average Bonchev–Trinajstić information content (AvgIpc) is 2.14. The molecule has 1 aromatic rings. The smallest absolute Gasteiger partial charge is 0.258 e. The molecule has 0 spiro atoms. The van der Waals surface area contributed by atoms with Gasteiger partial charge >= 0.3 is 0 Å². The van der Waals surface area contributed by atoms with E-state index in [9.17, 15) is 10.1 Å². The zero-order valence-corrected chi connectivity index (χ0v) is 8.88. The largest absolute Gasteiger partial charge is 0.287 e. The van der Waals surface area contributed by atoms with E-state index in [4.69, 9.17) is 23.2 Å². The summed E-state index contributed by atoms with van der Waals surface area (Å²) >= 11 is 11.3. The second kappa shape index (κ2) is 5.17. The van der Waals surface area contributed by atoms with Gasteiger partial charge in [-0.25, -0.2) is 0 Å². The minimum Gasteiger partial charge on any atom is -0.258 e. The lowest BCUT2D eigenvalue weighted by Gasteiger charge is -2.00. The van der Waals surface area contributed by atoms with Crippen molar-refractivity contribution in [3.05, 3.63) is 38.9 Å². The predicted octanol–water partition coefficient (Wildman–Crippen LogP) is 3.42. The molecule has 0 bridgehead atoms. The third-order valence-electron chi connectivity index (χ3n) is 1.81. The number of nitro benzene ring substituents is 1. The number of aryl methyl sites for hydroxylation is 1. The lowest BCUT2D eigenvalue weighted by atomic mass is 10.1. The highest BCUT2D eigenvalue weighted by molar-refractivity contribution is 6.32. The minimum absolute atomic E-state index is 0.0544. The van der Waals surface area contributed by atoms with Crippen LogP contribution in [-0.4, -0.2) is 10.8 Å². The van der Waals surface area contributed by atoms with Crippen molar-refractivity contribution >= 4 is 28.9 Å². The molecule has 0 unspecified atom stereocenters. The molecule has 0 aliphatic carbocycles. The van der Waals surface area contributed by atoms with Crippen molar-refractivity contribution in [2.75, 3.05) is 5.88 Å². The minimum atomic E-state index is -0.492. The Morgan fingerprint density at radius 3 is 2.64 bits per heavy atom. The molecule has 0 aromatic heterocycles. The third kappa shape index (κ3) is 2.86. The lowest BCUT2D eigenvalue weighted by Crippen LogP contribution is -1.91. The van der Waals surface area contributed by atoms with Crippen molar-refractivity contribution in [3.8, 4) is 0 Å². The summed E-state index contributed by atoms with van der Waals surface area (Å²) in [5.74, 6) is 0.578. The van der Waals surface area contributed by atoms with E-state index in [2.05, 4.69) is 0 Å². The highest BCUT2D eigenvalue weighted by Gasteiger charge is 2.11. The molecule has 0 fully saturated rings. The molecule has 0 atom stereocenters. The summed E-state index contributed by atoms with van der Waals surface area (Å²) in [6.07, 6.45) is 1.64. The molecule has 0 heterocycles. The molecule has 0 N–H and O–H groups in total. The Morgan fingerprint density at radius 1 is 1.43 bits per heavy atom. The summed E-state index contributed by atoms with van der Waals surface area (Å²) in [6, 6.07) is 4.74. The van der Waals surface area contributed by atoms with Crippen LogP contribution in [-0.2, 0) is 6.42 Å². The van der Waals surface area contributed by atoms with Crippen molar-refractivity contribution in [1.29, 1.82) is 0 Å². The topological polar surface area (TPSA) is 43.1 Å². The Kier molecular flexibility index (Phi) is 4.17. The van der Waals surface area contributed by atoms with Gasteiger partial charge in [-0.1, -0.05) is 17.7 Å². The molecule has 14 heavy (non-hydrogen) atoms. The third-order valence-corrected chi connectivity index (χ3v) is 2.38. The van der Waals surface area contributed by atoms with Crippen LogP contribution in [0.5, 0.6) is 0 Å². The van der Waals surface area contributed by atoms with Crippen molar-refractivity contribution in [2.24, 2.45) is 0 Å². The Balaban J connectivity index is 2.83. The van der Waals surface area contributed by atoms with E-state index in [1.165, 1.54) is 6.07 Å². The van der Waals surface area contributed by atoms with Crippen LogP contribution >= 0.6 is 23.2 Å². The quantitative estimate of drug-likeness (QED) is 0.455. The van der Waals surface area contributed by atoms with Crippen LogP contribution in [0.25, 0.3) is 0 Å². The van der Waals surface area contributed by atoms with E-state index in [0.29, 0.717) is 5.88 Å². The zero-order chi connectivity index (χ0) is 10.6. The summed E-state index contributed by atoms with van der Waals surface area (Å²) in [4.78, 5) is 9.95. The SMILES string of the molecule is O=[N+]([O-])c1ccc(CCCCl)cc1Cl. The van der Waals surface area contributed by atoms with E-state index in [-0.39, 0.29) is 10.7 Å². The number of rotatable bonds is 4. The number of halogens is 2. The molecule has 0 aliphatic rings. The van der Waals surface area contributed by atoms with Gasteiger partial charge in [0.15, 0.2) is 0 Å². The van der Waals surface area contributed by atoms with Crippen LogP contribution in [0.4, 0.5) is 5.69 Å². The van der Waals surface area contributed by atoms with Crippen LogP contribution in [0.3, 0.4) is 0 Å². The maximum Gasteiger partial charge on any atom is 0.287 e. The van der Waals surface area contributed by atoms with E-state index < -0.39 is 4.92 Å². The molecule has 3 nitrogen and oxygen atoms in total. The van der Waals surface area contributed by atoms with E-state index in [1.807, 2.05) is 0 Å². The van der Waals surface area contributed by atoms with Gasteiger partial charge in [0.2, 0.25) is 0 Å². The van der Waals surface area contributed by atoms with Crippen LogP contribution in [0.2, 0.25) is 5.02 Å². The van der Waals surface area contributed by atoms with Gasteiger partial charge in [0.05, 0.1) is 4.92 Å². The maximum absolute atomic E-state index is 10.4. The Labute approximate surface area is 91.8 Å². The van der Waals surface area contributed by atoms with Crippen LogP contribution in [0.15, 0.2) is 18.2 Å². The first-order valence-corrected chi connectivity index (χ1v) is 5.05. The van der Waals surface area contributed by atoms with Gasteiger partial charge < -0.3 is 0 Å². The fourth-order valence-electron chi connectivity index (χ4n) is 1.12. The number of hydrogen-bond donors (Lipinski definition) is 0. The number of benzene rings is 1. The van der Waals surface area contributed by atoms with E-state index in [1.54, 1.807) is 12.1 Å². The summed E-state index contributed by atoms with van der Waals surface area (Å²) in [7, 11) is 0. The second-order valence-electron chi connectivity index (χ2n) is 2.84. The molecule has 0 amide bonds. The molecule has 1 aromatic carbocycles. The van der Waals surface area contributed by atoms with E-state index in [0.717, 1.165) is 18.4 Å². The summed E-state index contributed by atoms with van der Waals surface area (Å²) in [5, 5.41) is 10.6. The van der Waals surface area contributed by atoms with Gasteiger partial charge in [-0.15, -0.1) is 11.6 Å². The van der Waals surface area contributed by atoms with Crippen molar-refractivity contribution in [1.82, 2.24) is 0 Å². The maximum atomic E-state index is 10.4. The fourth-order valence-corrected chi connectivity index (χ4v) is 1.53. The first-order chi connectivity index (χ1) is 6.65. The molecule has 0 saturated carbocycles. The molecule has 0 radical (unpaired) electrons. The number of hydrogen-bond acceptors (Lipinski definition) is 2. The summed E-state index contributed by atoms with van der Waals surface area (Å²) < 4.78 is 0. The monoisotopic (exact) mass is 233 g/mol. The normalized spacial score (nSPS) is 10.1. The molecular formula is C9H9Cl2NO2. The number of nitrogens with zero attached hydrogens (tertiary/aromatic N) is 1. The molecule has 76 valence electrons. The van der Waals surface area contributed by atoms with E-state index >= 15 is 0 Å². The van der Waals surface area contributed by atoms with Gasteiger partial charge in [0.1, 0.15) is 5.02 Å². The van der Waals surface area contributed by atoms with Gasteiger partial charge in [-0.3, -0.25) is 10.1 Å². The Hall–Kier alpha value is -0.800. The van der Waals surface area contributed by atoms with Crippen molar-refractivity contribution < 1.29 is 4.92 Å². The fraction of sp³-hybridized carbons (Fsp3) is 0.333. The number of alkyl halides is 1. The Bertz CT molecular complexity index is 342. The average molecular weight is 234 g/mol. The zero-order valence-electron chi connectivity index (χ0n) is 7.37. The van der Waals surface area contributed by atoms with Crippen LogP contribution in [0, 0.1) is 10.1 Å². The van der Waals surface area contributed by atoms with Gasteiger partial charge in [-0.2, -0.15) is 0 Å². The summed E-state index contributed by atoms with van der Waals surface area (Å²) in [6.45, 7) is 0. The first kappa shape index (κ1) is 11.3. The van der Waals surface area contributed by atoms with Gasteiger partial charge in [0, 0.05) is 11.9 Å². The second-order valence-corrected chi connectivity index (χ2v) is 3.62. The molecule has 0 aliphatic heterocycles. The Morgan fingerprint density at radius 2 is 2.14 bits per heavy atom. The van der Waals surface area contributed by atoms with Gasteiger partial charge in [0.25, 0.3) is 5.69 Å². The molecule has 1 rings (SSSR count). The highest BCUT2D eigenvalue weighted by atomic mass is 35.5. The first-order valence-electron chi connectivity index (χ1n) is 4.14. The standard InChI is InChI=1S/C9H9Cl2NO2/c10-5-1-2-7-3-4-9(12(13)14)8(11)6-7/h3-4,6H,1-2,5H2. The molecule has 0 saturated heterocycles.